The second-order valence-electron chi connectivity index (χ2n) is 3.63. The largest absolute Gasteiger partial charge is 0.437 e. The zero-order valence-electron chi connectivity index (χ0n) is 9.37. The molecular weight excluding hydrogens is 259 g/mol. The molecule has 0 aliphatic rings. The van der Waals surface area contributed by atoms with Gasteiger partial charge in [-0.3, -0.25) is 0 Å². The lowest BCUT2D eigenvalue weighted by Crippen LogP contribution is -1.94. The van der Waals surface area contributed by atoms with Crippen LogP contribution >= 0.6 is 23.2 Å². The van der Waals surface area contributed by atoms with Gasteiger partial charge in [-0.15, -0.1) is 0 Å². The molecular formula is C12H10Cl2N2O. The summed E-state index contributed by atoms with van der Waals surface area (Å²) in [4.78, 5) is 7.88. The number of benzene rings is 1. The average Bonchev–Trinajstić information content (AvgIpc) is 2.28. The lowest BCUT2D eigenvalue weighted by molar-refractivity contribution is 0.457. The standard InChI is InChI=1S/C12H10Cl2N2O/c1-7-3-4-10(9(13)5-7)17-12-8(2)11(14)15-6-16-12/h3-6H,1-2H3. The van der Waals surface area contributed by atoms with Crippen LogP contribution in [0.5, 0.6) is 11.6 Å². The van der Waals surface area contributed by atoms with Gasteiger partial charge in [-0.25, -0.2) is 9.97 Å². The van der Waals surface area contributed by atoms with Gasteiger partial charge in [0.15, 0.2) is 0 Å². The summed E-state index contributed by atoms with van der Waals surface area (Å²) in [5.74, 6) is 0.964. The molecule has 3 nitrogen and oxygen atoms in total. The zero-order chi connectivity index (χ0) is 12.4. The van der Waals surface area contributed by atoms with Crippen molar-refractivity contribution in [1.82, 2.24) is 9.97 Å². The van der Waals surface area contributed by atoms with Crippen molar-refractivity contribution in [3.8, 4) is 11.6 Å². The van der Waals surface area contributed by atoms with E-state index in [2.05, 4.69) is 9.97 Å². The molecule has 0 N–H and O–H groups in total. The van der Waals surface area contributed by atoms with Crippen LogP contribution in [0.15, 0.2) is 24.5 Å². The minimum absolute atomic E-state index is 0.373. The summed E-state index contributed by atoms with van der Waals surface area (Å²) in [6.45, 7) is 3.75. The predicted molar refractivity (Wildman–Crippen MR) is 68.0 cm³/mol. The van der Waals surface area contributed by atoms with Crippen molar-refractivity contribution in [2.24, 2.45) is 0 Å². The Morgan fingerprint density at radius 1 is 1.12 bits per heavy atom. The molecule has 0 atom stereocenters. The Morgan fingerprint density at radius 2 is 1.88 bits per heavy atom. The fourth-order valence-electron chi connectivity index (χ4n) is 1.31. The number of aromatic nitrogens is 2. The molecule has 0 aliphatic carbocycles. The fraction of sp³-hybridized carbons (Fsp3) is 0.167. The smallest absolute Gasteiger partial charge is 0.226 e. The Balaban J connectivity index is 2.35. The molecule has 17 heavy (non-hydrogen) atoms. The minimum atomic E-state index is 0.373. The molecule has 2 aromatic rings. The number of hydrogen-bond donors (Lipinski definition) is 0. The first-order chi connectivity index (χ1) is 8.08. The second-order valence-corrected chi connectivity index (χ2v) is 4.40. The van der Waals surface area contributed by atoms with E-state index in [1.165, 1.54) is 6.33 Å². The maximum Gasteiger partial charge on any atom is 0.226 e. The maximum absolute atomic E-state index is 6.07. The van der Waals surface area contributed by atoms with Gasteiger partial charge in [-0.2, -0.15) is 0 Å². The van der Waals surface area contributed by atoms with Crippen LogP contribution in [-0.4, -0.2) is 9.97 Å². The summed E-state index contributed by atoms with van der Waals surface area (Å²) >= 11 is 12.0. The van der Waals surface area contributed by atoms with E-state index in [-0.39, 0.29) is 0 Å². The van der Waals surface area contributed by atoms with E-state index < -0.39 is 0 Å². The predicted octanol–water partition coefficient (Wildman–Crippen LogP) is 4.19. The van der Waals surface area contributed by atoms with Gasteiger partial charge in [0.05, 0.1) is 5.02 Å². The molecule has 0 spiro atoms. The number of halogens is 2. The first-order valence-electron chi connectivity index (χ1n) is 4.99. The van der Waals surface area contributed by atoms with Crippen molar-refractivity contribution >= 4 is 23.2 Å². The molecule has 0 saturated heterocycles. The summed E-state index contributed by atoms with van der Waals surface area (Å²) in [7, 11) is 0. The Labute approximate surface area is 109 Å². The Morgan fingerprint density at radius 3 is 2.59 bits per heavy atom. The minimum Gasteiger partial charge on any atom is -0.437 e. The summed E-state index contributed by atoms with van der Waals surface area (Å²) < 4.78 is 5.61. The molecule has 0 saturated carbocycles. The first-order valence-corrected chi connectivity index (χ1v) is 5.74. The van der Waals surface area contributed by atoms with Gasteiger partial charge in [0, 0.05) is 5.56 Å². The SMILES string of the molecule is Cc1ccc(Oc2ncnc(Cl)c2C)c(Cl)c1. The van der Waals surface area contributed by atoms with E-state index in [4.69, 9.17) is 27.9 Å². The average molecular weight is 269 g/mol. The number of nitrogens with zero attached hydrogens (tertiary/aromatic N) is 2. The number of aryl methyl sites for hydroxylation is 1. The quantitative estimate of drug-likeness (QED) is 0.766. The Hall–Kier alpha value is -1.32. The van der Waals surface area contributed by atoms with Crippen LogP contribution in [-0.2, 0) is 0 Å². The van der Waals surface area contributed by atoms with Gasteiger partial charge in [-0.1, -0.05) is 29.3 Å². The van der Waals surface area contributed by atoms with Crippen LogP contribution < -0.4 is 4.74 Å². The third kappa shape index (κ3) is 2.68. The van der Waals surface area contributed by atoms with Crippen LogP contribution in [0.3, 0.4) is 0 Å². The molecule has 1 aromatic heterocycles. The van der Waals surface area contributed by atoms with Gasteiger partial charge in [0.1, 0.15) is 17.2 Å². The van der Waals surface area contributed by atoms with E-state index in [0.29, 0.717) is 27.4 Å². The monoisotopic (exact) mass is 268 g/mol. The van der Waals surface area contributed by atoms with Crippen molar-refractivity contribution in [1.29, 1.82) is 0 Å². The first kappa shape index (κ1) is 12.1. The van der Waals surface area contributed by atoms with Crippen molar-refractivity contribution in [2.45, 2.75) is 13.8 Å². The van der Waals surface area contributed by atoms with Crippen molar-refractivity contribution in [3.05, 3.63) is 45.8 Å². The highest BCUT2D eigenvalue weighted by Gasteiger charge is 2.09. The summed E-state index contributed by atoms with van der Waals surface area (Å²) in [5.41, 5.74) is 1.76. The summed E-state index contributed by atoms with van der Waals surface area (Å²) in [6, 6.07) is 5.54. The lowest BCUT2D eigenvalue weighted by atomic mass is 10.2. The van der Waals surface area contributed by atoms with Gasteiger partial charge >= 0.3 is 0 Å². The number of ether oxygens (including phenoxy) is 1. The van der Waals surface area contributed by atoms with Crippen molar-refractivity contribution < 1.29 is 4.74 Å². The third-order valence-corrected chi connectivity index (χ3v) is 2.95. The van der Waals surface area contributed by atoms with E-state index >= 15 is 0 Å². The molecule has 0 unspecified atom stereocenters. The summed E-state index contributed by atoms with van der Waals surface area (Å²) in [6.07, 6.45) is 1.35. The van der Waals surface area contributed by atoms with Crippen LogP contribution in [0.25, 0.3) is 0 Å². The van der Waals surface area contributed by atoms with Gasteiger partial charge < -0.3 is 4.74 Å². The molecule has 2 rings (SSSR count). The van der Waals surface area contributed by atoms with Crippen LogP contribution in [0.4, 0.5) is 0 Å². The molecule has 1 heterocycles. The molecule has 1 aromatic carbocycles. The van der Waals surface area contributed by atoms with E-state index in [9.17, 15) is 0 Å². The summed E-state index contributed by atoms with van der Waals surface area (Å²) in [5, 5.41) is 0.914. The van der Waals surface area contributed by atoms with Crippen molar-refractivity contribution in [2.75, 3.05) is 0 Å². The fourth-order valence-corrected chi connectivity index (χ4v) is 1.71. The van der Waals surface area contributed by atoms with Crippen molar-refractivity contribution in [3.63, 3.8) is 0 Å². The molecule has 0 radical (unpaired) electrons. The lowest BCUT2D eigenvalue weighted by Gasteiger charge is -2.09. The molecule has 5 heteroatoms. The van der Waals surface area contributed by atoms with Crippen LogP contribution in [0, 0.1) is 13.8 Å². The van der Waals surface area contributed by atoms with E-state index in [1.54, 1.807) is 13.0 Å². The molecule has 0 aliphatic heterocycles. The normalized spacial score (nSPS) is 10.4. The Kier molecular flexibility index (Phi) is 3.50. The van der Waals surface area contributed by atoms with Gasteiger partial charge in [0.2, 0.25) is 5.88 Å². The molecule has 0 bridgehead atoms. The van der Waals surface area contributed by atoms with E-state index in [0.717, 1.165) is 5.56 Å². The highest BCUT2D eigenvalue weighted by molar-refractivity contribution is 6.32. The molecule has 0 amide bonds. The Bertz CT molecular complexity index is 558. The van der Waals surface area contributed by atoms with Gasteiger partial charge in [0.25, 0.3) is 0 Å². The van der Waals surface area contributed by atoms with Crippen LogP contribution in [0.1, 0.15) is 11.1 Å². The highest BCUT2D eigenvalue weighted by atomic mass is 35.5. The van der Waals surface area contributed by atoms with E-state index in [1.807, 2.05) is 19.1 Å². The van der Waals surface area contributed by atoms with Crippen LogP contribution in [0.2, 0.25) is 10.2 Å². The third-order valence-electron chi connectivity index (χ3n) is 2.27. The zero-order valence-corrected chi connectivity index (χ0v) is 10.9. The highest BCUT2D eigenvalue weighted by Crippen LogP contribution is 2.31. The topological polar surface area (TPSA) is 35.0 Å². The number of rotatable bonds is 2. The van der Waals surface area contributed by atoms with Gasteiger partial charge in [-0.05, 0) is 31.5 Å². The maximum atomic E-state index is 6.07. The second kappa shape index (κ2) is 4.90. The molecule has 88 valence electrons. The molecule has 0 fully saturated rings. The number of hydrogen-bond acceptors (Lipinski definition) is 3.